The fourth-order valence-electron chi connectivity index (χ4n) is 1.86. The molecule has 1 aromatic carbocycles. The highest BCUT2D eigenvalue weighted by molar-refractivity contribution is 5.97. The molecule has 0 fully saturated rings. The fourth-order valence-corrected chi connectivity index (χ4v) is 1.86. The highest BCUT2D eigenvalue weighted by Gasteiger charge is 2.11. The van der Waals surface area contributed by atoms with E-state index in [4.69, 9.17) is 4.84 Å². The second-order valence-corrected chi connectivity index (χ2v) is 4.18. The standard InChI is InChI=1S/C15H17N3O/c1-18(12-13-7-4-3-5-8-13)15(17-19-2)14-9-6-10-16-11-14/h3-11H,12H2,1-2H3/b17-15-. The van der Waals surface area contributed by atoms with Gasteiger partial charge < -0.3 is 9.74 Å². The molecule has 0 aliphatic heterocycles. The van der Waals surface area contributed by atoms with E-state index in [1.165, 1.54) is 5.56 Å². The Balaban J connectivity index is 2.19. The lowest BCUT2D eigenvalue weighted by Crippen LogP contribution is -2.27. The molecule has 2 aromatic rings. The maximum absolute atomic E-state index is 4.94. The predicted molar refractivity (Wildman–Crippen MR) is 75.7 cm³/mol. The summed E-state index contributed by atoms with van der Waals surface area (Å²) in [5.74, 6) is 0.763. The third-order valence-corrected chi connectivity index (χ3v) is 2.72. The highest BCUT2D eigenvalue weighted by Crippen LogP contribution is 2.08. The smallest absolute Gasteiger partial charge is 0.177 e. The van der Waals surface area contributed by atoms with E-state index in [1.54, 1.807) is 19.5 Å². The van der Waals surface area contributed by atoms with Crippen LogP contribution in [-0.4, -0.2) is 29.9 Å². The molecule has 19 heavy (non-hydrogen) atoms. The van der Waals surface area contributed by atoms with Crippen molar-refractivity contribution in [2.24, 2.45) is 5.16 Å². The first kappa shape index (κ1) is 13.1. The van der Waals surface area contributed by atoms with Crippen molar-refractivity contribution >= 4 is 5.84 Å². The maximum Gasteiger partial charge on any atom is 0.177 e. The van der Waals surface area contributed by atoms with E-state index < -0.39 is 0 Å². The van der Waals surface area contributed by atoms with Crippen molar-refractivity contribution in [3.05, 3.63) is 66.0 Å². The van der Waals surface area contributed by atoms with Crippen molar-refractivity contribution in [3.63, 3.8) is 0 Å². The number of hydrogen-bond acceptors (Lipinski definition) is 3. The van der Waals surface area contributed by atoms with E-state index in [-0.39, 0.29) is 0 Å². The summed E-state index contributed by atoms with van der Waals surface area (Å²) in [6.45, 7) is 0.762. The Hall–Kier alpha value is -2.36. The van der Waals surface area contributed by atoms with E-state index in [1.807, 2.05) is 42.3 Å². The van der Waals surface area contributed by atoms with Crippen molar-refractivity contribution in [2.45, 2.75) is 6.54 Å². The van der Waals surface area contributed by atoms with Crippen molar-refractivity contribution in [1.82, 2.24) is 9.88 Å². The Morgan fingerprint density at radius 1 is 1.21 bits per heavy atom. The fraction of sp³-hybridized carbons (Fsp3) is 0.200. The van der Waals surface area contributed by atoms with Crippen LogP contribution in [0.1, 0.15) is 11.1 Å². The molecule has 4 heteroatoms. The Morgan fingerprint density at radius 2 is 2.00 bits per heavy atom. The van der Waals surface area contributed by atoms with Crippen LogP contribution in [0.5, 0.6) is 0 Å². The first-order valence-corrected chi connectivity index (χ1v) is 6.08. The Bertz CT molecular complexity index is 526. The number of oxime groups is 1. The van der Waals surface area contributed by atoms with Crippen molar-refractivity contribution in [2.75, 3.05) is 14.2 Å². The zero-order chi connectivity index (χ0) is 13.5. The number of aromatic nitrogens is 1. The van der Waals surface area contributed by atoms with Crippen molar-refractivity contribution < 1.29 is 4.84 Å². The van der Waals surface area contributed by atoms with Gasteiger partial charge in [-0.15, -0.1) is 0 Å². The van der Waals surface area contributed by atoms with Gasteiger partial charge in [-0.3, -0.25) is 4.98 Å². The Labute approximate surface area is 113 Å². The molecule has 4 nitrogen and oxygen atoms in total. The van der Waals surface area contributed by atoms with Gasteiger partial charge in [-0.2, -0.15) is 0 Å². The van der Waals surface area contributed by atoms with Gasteiger partial charge in [0, 0.05) is 31.5 Å². The first-order valence-electron chi connectivity index (χ1n) is 6.08. The normalized spacial score (nSPS) is 11.2. The number of amidine groups is 1. The van der Waals surface area contributed by atoms with Crippen LogP contribution in [0.15, 0.2) is 60.0 Å². The number of rotatable bonds is 4. The number of hydrogen-bond donors (Lipinski definition) is 0. The van der Waals surface area contributed by atoms with Crippen LogP contribution >= 0.6 is 0 Å². The van der Waals surface area contributed by atoms with Gasteiger partial charge in [0.15, 0.2) is 5.84 Å². The van der Waals surface area contributed by atoms with Gasteiger partial charge in [0.25, 0.3) is 0 Å². The molecule has 0 amide bonds. The van der Waals surface area contributed by atoms with Gasteiger partial charge in [0.1, 0.15) is 7.11 Å². The third kappa shape index (κ3) is 3.55. The molecule has 0 saturated heterocycles. The lowest BCUT2D eigenvalue weighted by Gasteiger charge is -2.20. The molecule has 0 spiro atoms. The lowest BCUT2D eigenvalue weighted by atomic mass is 10.2. The summed E-state index contributed by atoms with van der Waals surface area (Å²) in [5.41, 5.74) is 2.15. The number of nitrogens with zero attached hydrogens (tertiary/aromatic N) is 3. The first-order chi connectivity index (χ1) is 9.31. The van der Waals surface area contributed by atoms with E-state index in [0.29, 0.717) is 0 Å². The quantitative estimate of drug-likeness (QED) is 0.478. The second-order valence-electron chi connectivity index (χ2n) is 4.18. The number of benzene rings is 1. The molecule has 0 bridgehead atoms. The van der Waals surface area contributed by atoms with Crippen molar-refractivity contribution in [3.8, 4) is 0 Å². The zero-order valence-corrected chi connectivity index (χ0v) is 11.2. The van der Waals surface area contributed by atoms with Crippen LogP contribution in [0.25, 0.3) is 0 Å². The van der Waals surface area contributed by atoms with Gasteiger partial charge in [-0.05, 0) is 17.7 Å². The minimum Gasteiger partial charge on any atom is -0.397 e. The molecule has 1 aromatic heterocycles. The SMILES string of the molecule is CO/N=C(/c1cccnc1)N(C)Cc1ccccc1. The summed E-state index contributed by atoms with van der Waals surface area (Å²) in [6.07, 6.45) is 3.52. The molecule has 0 N–H and O–H groups in total. The molecule has 1 heterocycles. The largest absolute Gasteiger partial charge is 0.397 e. The molecule has 0 atom stereocenters. The Morgan fingerprint density at radius 3 is 2.63 bits per heavy atom. The number of pyridine rings is 1. The summed E-state index contributed by atoms with van der Waals surface area (Å²) in [4.78, 5) is 11.1. The molecule has 0 aliphatic rings. The summed E-state index contributed by atoms with van der Waals surface area (Å²) in [7, 11) is 3.53. The van der Waals surface area contributed by atoms with E-state index in [2.05, 4.69) is 22.3 Å². The molecule has 0 saturated carbocycles. The van der Waals surface area contributed by atoms with Gasteiger partial charge in [-0.25, -0.2) is 0 Å². The van der Waals surface area contributed by atoms with E-state index in [0.717, 1.165) is 17.9 Å². The topological polar surface area (TPSA) is 37.7 Å². The molecule has 0 radical (unpaired) electrons. The second kappa shape index (κ2) is 6.54. The van der Waals surface area contributed by atoms with Gasteiger partial charge >= 0.3 is 0 Å². The molecule has 2 rings (SSSR count). The van der Waals surface area contributed by atoms with E-state index >= 15 is 0 Å². The summed E-state index contributed by atoms with van der Waals surface area (Å²) >= 11 is 0. The van der Waals surface area contributed by atoms with Crippen LogP contribution < -0.4 is 0 Å². The highest BCUT2D eigenvalue weighted by atomic mass is 16.6. The van der Waals surface area contributed by atoms with Gasteiger partial charge in [-0.1, -0.05) is 35.5 Å². The zero-order valence-electron chi connectivity index (χ0n) is 11.2. The van der Waals surface area contributed by atoms with Crippen LogP contribution in [0.4, 0.5) is 0 Å². The molecule has 0 aliphatic carbocycles. The lowest BCUT2D eigenvalue weighted by molar-refractivity contribution is 0.207. The minimum atomic E-state index is 0.762. The Kier molecular flexibility index (Phi) is 4.50. The molecule has 0 unspecified atom stereocenters. The summed E-state index contributed by atoms with van der Waals surface area (Å²) in [5, 5.41) is 4.09. The average molecular weight is 255 g/mol. The van der Waals surface area contributed by atoms with Crippen LogP contribution in [-0.2, 0) is 11.4 Å². The molecular formula is C15H17N3O. The molecule has 98 valence electrons. The maximum atomic E-state index is 4.94. The van der Waals surface area contributed by atoms with Gasteiger partial charge in [0.05, 0.1) is 0 Å². The van der Waals surface area contributed by atoms with E-state index in [9.17, 15) is 0 Å². The minimum absolute atomic E-state index is 0.762. The summed E-state index contributed by atoms with van der Waals surface area (Å²) < 4.78 is 0. The third-order valence-electron chi connectivity index (χ3n) is 2.72. The van der Waals surface area contributed by atoms with Crippen molar-refractivity contribution in [1.29, 1.82) is 0 Å². The van der Waals surface area contributed by atoms with Crippen LogP contribution in [0.3, 0.4) is 0 Å². The van der Waals surface area contributed by atoms with Crippen LogP contribution in [0.2, 0.25) is 0 Å². The molecular weight excluding hydrogens is 238 g/mol. The van der Waals surface area contributed by atoms with Gasteiger partial charge in [0.2, 0.25) is 0 Å². The average Bonchev–Trinajstić information content (AvgIpc) is 2.46. The monoisotopic (exact) mass is 255 g/mol. The van der Waals surface area contributed by atoms with Crippen LogP contribution in [0, 0.1) is 0 Å². The summed E-state index contributed by atoms with van der Waals surface area (Å²) in [6, 6.07) is 14.1. The predicted octanol–water partition coefficient (Wildman–Crippen LogP) is 2.52.